The van der Waals surface area contributed by atoms with Crippen LogP contribution in [0, 0.1) is 0 Å². The Morgan fingerprint density at radius 2 is 1.59 bits per heavy atom. The van der Waals surface area contributed by atoms with Crippen molar-refractivity contribution in [1.82, 2.24) is 14.7 Å². The monoisotopic (exact) mass is 527 g/mol. The molecule has 0 N–H and O–H groups in total. The third-order valence-electron chi connectivity index (χ3n) is 6.97. The van der Waals surface area contributed by atoms with E-state index in [0.29, 0.717) is 52.3 Å². The summed E-state index contributed by atoms with van der Waals surface area (Å²) in [5, 5.41) is 0.666. The highest BCUT2D eigenvalue weighted by Crippen LogP contribution is 2.39. The summed E-state index contributed by atoms with van der Waals surface area (Å²) >= 11 is 1.13. The van der Waals surface area contributed by atoms with Gasteiger partial charge in [-0.1, -0.05) is 35.9 Å². The van der Waals surface area contributed by atoms with Gasteiger partial charge in [0.05, 0.1) is 5.56 Å². The molecule has 3 aromatic rings. The Hall–Kier alpha value is -3.17. The van der Waals surface area contributed by atoms with Crippen LogP contribution in [0.2, 0.25) is 0 Å². The smallest absolute Gasteiger partial charge is 0.336 e. The van der Waals surface area contributed by atoms with Gasteiger partial charge in [0.1, 0.15) is 4.88 Å². The predicted octanol–water partition coefficient (Wildman–Crippen LogP) is 5.63. The summed E-state index contributed by atoms with van der Waals surface area (Å²) < 4.78 is 40.2. The Morgan fingerprint density at radius 1 is 0.919 bits per heavy atom. The van der Waals surface area contributed by atoms with Crippen LogP contribution in [-0.4, -0.2) is 71.8 Å². The molecular formula is C28H28F3N3O2S. The van der Waals surface area contributed by atoms with Crippen LogP contribution in [0.4, 0.5) is 13.2 Å². The molecule has 0 radical (unpaired) electrons. The van der Waals surface area contributed by atoms with Crippen LogP contribution >= 0.6 is 11.3 Å². The molecule has 2 aliphatic heterocycles. The first-order valence-corrected chi connectivity index (χ1v) is 13.1. The number of hydrogen-bond acceptors (Lipinski definition) is 4. The van der Waals surface area contributed by atoms with Gasteiger partial charge >= 0.3 is 6.18 Å². The SMILES string of the molecule is CC(C)=Cc1c(C(=O)N2CC(N3CCN(C(=O)c4ccccc4)CC3)C2)sc2cc(C(F)(F)F)ccc12. The van der Waals surface area contributed by atoms with E-state index in [1.807, 2.05) is 55.2 Å². The first-order valence-electron chi connectivity index (χ1n) is 12.3. The normalized spacial score (nSPS) is 17.1. The quantitative estimate of drug-likeness (QED) is 0.442. The molecule has 5 nitrogen and oxygen atoms in total. The van der Waals surface area contributed by atoms with Crippen LogP contribution in [0.1, 0.15) is 45.0 Å². The summed E-state index contributed by atoms with van der Waals surface area (Å²) in [5.74, 6) is -0.104. The molecule has 0 aliphatic carbocycles. The largest absolute Gasteiger partial charge is 0.416 e. The lowest BCUT2D eigenvalue weighted by Gasteiger charge is -2.48. The molecule has 37 heavy (non-hydrogen) atoms. The Bertz CT molecular complexity index is 1350. The van der Waals surface area contributed by atoms with Crippen molar-refractivity contribution in [2.75, 3.05) is 39.3 Å². The summed E-state index contributed by atoms with van der Waals surface area (Å²) in [6.07, 6.45) is -2.56. The van der Waals surface area contributed by atoms with Crippen molar-refractivity contribution in [3.8, 4) is 0 Å². The first-order chi connectivity index (χ1) is 17.6. The number of alkyl halides is 3. The van der Waals surface area contributed by atoms with Crippen LogP contribution in [0.15, 0.2) is 54.1 Å². The summed E-state index contributed by atoms with van der Waals surface area (Å²) in [7, 11) is 0. The standard InChI is InChI=1S/C28H28F3N3O2S/c1-18(2)14-23-22-9-8-20(28(29,30)31)15-24(22)37-25(23)27(36)34-16-21(17-34)32-10-12-33(13-11-32)26(35)19-6-4-3-5-7-19/h3-9,14-15,21H,10-13,16-17H2,1-2H3. The van der Waals surface area contributed by atoms with Gasteiger partial charge in [-0.2, -0.15) is 13.2 Å². The third kappa shape index (κ3) is 5.15. The molecule has 9 heteroatoms. The maximum atomic E-state index is 13.4. The summed E-state index contributed by atoms with van der Waals surface area (Å²) in [6, 6.07) is 13.2. The maximum absolute atomic E-state index is 13.4. The van der Waals surface area contributed by atoms with E-state index in [4.69, 9.17) is 0 Å². The molecule has 194 valence electrons. The van der Waals surface area contributed by atoms with Crippen molar-refractivity contribution in [1.29, 1.82) is 0 Å². The third-order valence-corrected chi connectivity index (χ3v) is 8.13. The fraction of sp³-hybridized carbons (Fsp3) is 0.357. The number of nitrogens with zero attached hydrogens (tertiary/aromatic N) is 3. The summed E-state index contributed by atoms with van der Waals surface area (Å²) in [6.45, 7) is 7.73. The first kappa shape index (κ1) is 25.5. The number of allylic oxidation sites excluding steroid dienone is 1. The van der Waals surface area contributed by atoms with E-state index < -0.39 is 11.7 Å². The minimum Gasteiger partial charge on any atom is -0.336 e. The van der Waals surface area contributed by atoms with Crippen LogP contribution in [0.3, 0.4) is 0 Å². The molecule has 0 spiro atoms. The van der Waals surface area contributed by atoms with Crippen molar-refractivity contribution in [2.45, 2.75) is 26.1 Å². The lowest BCUT2D eigenvalue weighted by Crippen LogP contribution is -2.64. The van der Waals surface area contributed by atoms with Crippen molar-refractivity contribution < 1.29 is 22.8 Å². The maximum Gasteiger partial charge on any atom is 0.416 e. The van der Waals surface area contributed by atoms with E-state index >= 15 is 0 Å². The fourth-order valence-corrected chi connectivity index (χ4v) is 6.12. The van der Waals surface area contributed by atoms with Gasteiger partial charge in [-0.25, -0.2) is 0 Å². The number of fused-ring (bicyclic) bond motifs is 1. The zero-order valence-electron chi connectivity index (χ0n) is 20.7. The van der Waals surface area contributed by atoms with Crippen molar-refractivity contribution >= 4 is 39.3 Å². The van der Waals surface area contributed by atoms with Crippen LogP contribution < -0.4 is 0 Å². The number of hydrogen-bond donors (Lipinski definition) is 0. The topological polar surface area (TPSA) is 43.9 Å². The van der Waals surface area contributed by atoms with Crippen molar-refractivity contribution in [2.24, 2.45) is 0 Å². The second kappa shape index (κ2) is 9.95. The Balaban J connectivity index is 1.25. The number of amides is 2. The molecule has 3 heterocycles. The number of rotatable bonds is 4. The van der Waals surface area contributed by atoms with Gasteiger partial charge in [0.2, 0.25) is 0 Å². The van der Waals surface area contributed by atoms with Gasteiger partial charge in [0.15, 0.2) is 0 Å². The van der Waals surface area contributed by atoms with E-state index in [2.05, 4.69) is 4.90 Å². The molecule has 2 amide bonds. The van der Waals surface area contributed by atoms with Crippen LogP contribution in [0.5, 0.6) is 0 Å². The molecule has 2 saturated heterocycles. The minimum absolute atomic E-state index is 0.0379. The van der Waals surface area contributed by atoms with E-state index in [1.165, 1.54) is 6.07 Å². The van der Waals surface area contributed by atoms with Gasteiger partial charge in [-0.05, 0) is 38.1 Å². The van der Waals surface area contributed by atoms with Crippen molar-refractivity contribution in [3.05, 3.63) is 75.7 Å². The number of benzene rings is 2. The molecule has 0 bridgehead atoms. The van der Waals surface area contributed by atoms with E-state index in [0.717, 1.165) is 42.1 Å². The summed E-state index contributed by atoms with van der Waals surface area (Å²) in [5.41, 5.74) is 1.64. The molecule has 5 rings (SSSR count). The second-order valence-corrected chi connectivity index (χ2v) is 10.9. The van der Waals surface area contributed by atoms with Crippen LogP contribution in [0.25, 0.3) is 16.2 Å². The second-order valence-electron chi connectivity index (χ2n) is 9.83. The zero-order valence-corrected chi connectivity index (χ0v) is 21.5. The number of halogens is 3. The number of carbonyl (C=O) groups excluding carboxylic acids is 2. The fourth-order valence-electron chi connectivity index (χ4n) is 4.93. The molecule has 1 aromatic heterocycles. The molecule has 2 aromatic carbocycles. The number of piperazine rings is 1. The van der Waals surface area contributed by atoms with Gasteiger partial charge in [0.25, 0.3) is 11.8 Å². The predicted molar refractivity (Wildman–Crippen MR) is 140 cm³/mol. The zero-order chi connectivity index (χ0) is 26.3. The highest BCUT2D eigenvalue weighted by molar-refractivity contribution is 7.21. The van der Waals surface area contributed by atoms with E-state index in [1.54, 1.807) is 4.90 Å². The Labute approximate surface area is 217 Å². The van der Waals surface area contributed by atoms with Gasteiger partial charge in [-0.15, -0.1) is 11.3 Å². The minimum atomic E-state index is -4.43. The molecular weight excluding hydrogens is 499 g/mol. The number of thiophene rings is 1. The lowest BCUT2D eigenvalue weighted by molar-refractivity contribution is -0.137. The molecule has 2 fully saturated rings. The average Bonchev–Trinajstić information content (AvgIpc) is 3.20. The van der Waals surface area contributed by atoms with E-state index in [9.17, 15) is 22.8 Å². The Kier molecular flexibility index (Phi) is 6.85. The van der Waals surface area contributed by atoms with Crippen LogP contribution in [-0.2, 0) is 6.18 Å². The summed E-state index contributed by atoms with van der Waals surface area (Å²) in [4.78, 5) is 32.6. The van der Waals surface area contributed by atoms with E-state index in [-0.39, 0.29) is 17.9 Å². The number of likely N-dealkylation sites (tertiary alicyclic amines) is 1. The van der Waals surface area contributed by atoms with Gasteiger partial charge in [0, 0.05) is 66.5 Å². The molecule has 0 atom stereocenters. The molecule has 0 saturated carbocycles. The van der Waals surface area contributed by atoms with Gasteiger partial charge in [-0.3, -0.25) is 14.5 Å². The highest BCUT2D eigenvalue weighted by atomic mass is 32.1. The lowest BCUT2D eigenvalue weighted by atomic mass is 10.0. The van der Waals surface area contributed by atoms with Crippen molar-refractivity contribution in [3.63, 3.8) is 0 Å². The molecule has 0 unspecified atom stereocenters. The van der Waals surface area contributed by atoms with Gasteiger partial charge < -0.3 is 9.80 Å². The highest BCUT2D eigenvalue weighted by Gasteiger charge is 2.38. The average molecular weight is 528 g/mol. The number of carbonyl (C=O) groups is 2. The molecule has 2 aliphatic rings. The Morgan fingerprint density at radius 3 is 2.22 bits per heavy atom.